The Kier molecular flexibility index (Phi) is 9.64. The van der Waals surface area contributed by atoms with Gasteiger partial charge in [0.25, 0.3) is 0 Å². The molecule has 1 aromatic carbocycles. The third-order valence-corrected chi connectivity index (χ3v) is 5.23. The first kappa shape index (κ1) is 21.7. The fraction of sp³-hybridized carbons (Fsp3) is 0.682. The van der Waals surface area contributed by atoms with Crippen LogP contribution in [0.25, 0.3) is 0 Å². The molecule has 1 heterocycles. The van der Waals surface area contributed by atoms with E-state index in [4.69, 9.17) is 4.74 Å². The van der Waals surface area contributed by atoms with E-state index in [0.717, 1.165) is 43.1 Å². The van der Waals surface area contributed by atoms with Crippen molar-refractivity contribution >= 4 is 6.03 Å². The summed E-state index contributed by atoms with van der Waals surface area (Å²) in [6.07, 6.45) is 6.38. The van der Waals surface area contributed by atoms with Gasteiger partial charge in [0.15, 0.2) is 0 Å². The van der Waals surface area contributed by atoms with E-state index in [1.54, 1.807) is 0 Å². The minimum atomic E-state index is -0.0964. The zero-order valence-electron chi connectivity index (χ0n) is 17.3. The topological polar surface area (TPSA) is 53.6 Å². The second-order valence-corrected chi connectivity index (χ2v) is 7.83. The van der Waals surface area contributed by atoms with Gasteiger partial charge in [-0.3, -0.25) is 0 Å². The molecule has 1 saturated heterocycles. The van der Waals surface area contributed by atoms with Gasteiger partial charge in [0.1, 0.15) is 0 Å². The summed E-state index contributed by atoms with van der Waals surface area (Å²) in [6, 6.07) is 8.72. The maximum absolute atomic E-state index is 12.0. The lowest BCUT2D eigenvalue weighted by Gasteiger charge is -2.33. The Hall–Kier alpha value is -1.59. The number of urea groups is 1. The van der Waals surface area contributed by atoms with Crippen LogP contribution in [-0.4, -0.2) is 42.7 Å². The maximum Gasteiger partial charge on any atom is 0.315 e. The van der Waals surface area contributed by atoms with Gasteiger partial charge in [-0.2, -0.15) is 0 Å². The van der Waals surface area contributed by atoms with Crippen LogP contribution in [0.3, 0.4) is 0 Å². The Balaban J connectivity index is 1.61. The molecule has 1 unspecified atom stereocenters. The molecule has 1 aromatic rings. The number of nitrogens with zero attached hydrogens (tertiary/aromatic N) is 1. The third kappa shape index (κ3) is 8.31. The van der Waals surface area contributed by atoms with Gasteiger partial charge in [-0.25, -0.2) is 4.79 Å². The molecule has 0 bridgehead atoms. The summed E-state index contributed by atoms with van der Waals surface area (Å²) < 4.78 is 5.69. The third-order valence-electron chi connectivity index (χ3n) is 5.23. The van der Waals surface area contributed by atoms with Crippen molar-refractivity contribution in [1.29, 1.82) is 0 Å². The molecular weight excluding hydrogens is 338 g/mol. The van der Waals surface area contributed by atoms with Crippen LogP contribution < -0.4 is 10.6 Å². The van der Waals surface area contributed by atoms with Crippen molar-refractivity contribution in [1.82, 2.24) is 15.5 Å². The lowest BCUT2D eigenvalue weighted by atomic mass is 10.0. The monoisotopic (exact) mass is 375 g/mol. The zero-order chi connectivity index (χ0) is 19.5. The molecule has 0 saturated carbocycles. The minimum Gasteiger partial charge on any atom is -0.374 e. The van der Waals surface area contributed by atoms with Gasteiger partial charge >= 0.3 is 6.03 Å². The Morgan fingerprint density at radius 2 is 1.96 bits per heavy atom. The number of benzene rings is 1. The summed E-state index contributed by atoms with van der Waals surface area (Å²) in [5.41, 5.74) is 2.23. The number of carbonyl (C=O) groups excluding carboxylic acids is 1. The van der Waals surface area contributed by atoms with Gasteiger partial charge in [-0.1, -0.05) is 30.7 Å². The summed E-state index contributed by atoms with van der Waals surface area (Å²) in [5, 5.41) is 5.93. The molecule has 2 rings (SSSR count). The average Bonchev–Trinajstić information content (AvgIpc) is 2.66. The smallest absolute Gasteiger partial charge is 0.315 e. The van der Waals surface area contributed by atoms with Crippen LogP contribution in [0.4, 0.5) is 4.79 Å². The first-order chi connectivity index (χ1) is 13.1. The molecule has 0 aromatic heterocycles. The number of hydrogen-bond acceptors (Lipinski definition) is 3. The largest absolute Gasteiger partial charge is 0.374 e. The molecule has 2 N–H and O–H groups in total. The van der Waals surface area contributed by atoms with E-state index < -0.39 is 0 Å². The van der Waals surface area contributed by atoms with Crippen molar-refractivity contribution in [3.63, 3.8) is 0 Å². The highest BCUT2D eigenvalue weighted by atomic mass is 16.5. The van der Waals surface area contributed by atoms with E-state index >= 15 is 0 Å². The van der Waals surface area contributed by atoms with Crippen LogP contribution in [0.15, 0.2) is 24.3 Å². The molecule has 5 nitrogen and oxygen atoms in total. The second kappa shape index (κ2) is 12.0. The Bertz CT molecular complexity index is 562. The number of amides is 2. The number of nitrogens with one attached hydrogen (secondary N) is 2. The fourth-order valence-corrected chi connectivity index (χ4v) is 3.50. The molecule has 5 heteroatoms. The lowest BCUT2D eigenvalue weighted by molar-refractivity contribution is 0.0652. The number of rotatable bonds is 10. The van der Waals surface area contributed by atoms with Crippen LogP contribution >= 0.6 is 0 Å². The van der Waals surface area contributed by atoms with Gasteiger partial charge in [0, 0.05) is 19.1 Å². The summed E-state index contributed by atoms with van der Waals surface area (Å²) in [5.74, 6) is 0. The molecule has 152 valence electrons. The van der Waals surface area contributed by atoms with Crippen molar-refractivity contribution in [2.45, 2.75) is 78.2 Å². The fourth-order valence-electron chi connectivity index (χ4n) is 3.50. The lowest BCUT2D eigenvalue weighted by Crippen LogP contribution is -2.39. The van der Waals surface area contributed by atoms with E-state index in [1.807, 2.05) is 32.0 Å². The standard InChI is InChI=1S/C22H37N3O2/c1-18(2)27-17-21-12-5-4-11-20(21)16-24-22(26)23-13-7-9-15-25-14-8-6-10-19(25)3/h4-5,11-12,18-19H,6-10,13-17H2,1-3H3,(H2,23,24,26). The number of piperidine rings is 1. The first-order valence-electron chi connectivity index (χ1n) is 10.5. The van der Waals surface area contributed by atoms with Crippen molar-refractivity contribution in [3.8, 4) is 0 Å². The number of carbonyl (C=O) groups is 1. The van der Waals surface area contributed by atoms with Crippen molar-refractivity contribution < 1.29 is 9.53 Å². The van der Waals surface area contributed by atoms with E-state index in [9.17, 15) is 4.79 Å². The van der Waals surface area contributed by atoms with Gasteiger partial charge in [-0.05, 0) is 70.7 Å². The van der Waals surface area contributed by atoms with E-state index in [2.05, 4.69) is 28.5 Å². The molecule has 1 aliphatic heterocycles. The predicted octanol–water partition coefficient (Wildman–Crippen LogP) is 4.07. The first-order valence-corrected chi connectivity index (χ1v) is 10.5. The minimum absolute atomic E-state index is 0.0964. The molecule has 1 fully saturated rings. The van der Waals surface area contributed by atoms with Crippen LogP contribution in [0.1, 0.15) is 64.0 Å². The van der Waals surface area contributed by atoms with Gasteiger partial charge in [-0.15, -0.1) is 0 Å². The van der Waals surface area contributed by atoms with Gasteiger partial charge < -0.3 is 20.3 Å². The van der Waals surface area contributed by atoms with Crippen molar-refractivity contribution in [2.75, 3.05) is 19.6 Å². The second-order valence-electron chi connectivity index (χ2n) is 7.83. The number of ether oxygens (including phenoxy) is 1. The summed E-state index contributed by atoms with van der Waals surface area (Å²) >= 11 is 0. The summed E-state index contributed by atoms with van der Waals surface area (Å²) in [4.78, 5) is 14.6. The summed E-state index contributed by atoms with van der Waals surface area (Å²) in [6.45, 7) is 10.6. The van der Waals surface area contributed by atoms with Crippen LogP contribution in [0, 0.1) is 0 Å². The molecule has 1 atom stereocenters. The highest BCUT2D eigenvalue weighted by Gasteiger charge is 2.17. The quantitative estimate of drug-likeness (QED) is 0.606. The molecule has 0 radical (unpaired) electrons. The van der Waals surface area contributed by atoms with Crippen LogP contribution in [0.5, 0.6) is 0 Å². The average molecular weight is 376 g/mol. The van der Waals surface area contributed by atoms with Crippen LogP contribution in [0.2, 0.25) is 0 Å². The highest BCUT2D eigenvalue weighted by Crippen LogP contribution is 2.16. The van der Waals surface area contributed by atoms with Crippen molar-refractivity contribution in [2.24, 2.45) is 0 Å². The van der Waals surface area contributed by atoms with E-state index in [0.29, 0.717) is 13.2 Å². The van der Waals surface area contributed by atoms with E-state index in [-0.39, 0.29) is 12.1 Å². The normalized spacial score (nSPS) is 17.9. The van der Waals surface area contributed by atoms with E-state index in [1.165, 1.54) is 25.8 Å². The Morgan fingerprint density at radius 1 is 1.19 bits per heavy atom. The molecule has 1 aliphatic rings. The van der Waals surface area contributed by atoms with Crippen molar-refractivity contribution in [3.05, 3.63) is 35.4 Å². The zero-order valence-corrected chi connectivity index (χ0v) is 17.3. The predicted molar refractivity (Wildman–Crippen MR) is 111 cm³/mol. The SMILES string of the molecule is CC(C)OCc1ccccc1CNC(=O)NCCCCN1CCCCC1C. The molecule has 2 amide bonds. The molecule has 0 aliphatic carbocycles. The van der Waals surface area contributed by atoms with Gasteiger partial charge in [0.05, 0.1) is 12.7 Å². The summed E-state index contributed by atoms with van der Waals surface area (Å²) in [7, 11) is 0. The number of hydrogen-bond donors (Lipinski definition) is 2. The molecular formula is C22H37N3O2. The number of unbranched alkanes of at least 4 members (excludes halogenated alkanes) is 1. The van der Waals surface area contributed by atoms with Crippen LogP contribution in [-0.2, 0) is 17.9 Å². The highest BCUT2D eigenvalue weighted by molar-refractivity contribution is 5.73. The molecule has 0 spiro atoms. The maximum atomic E-state index is 12.0. The number of likely N-dealkylation sites (tertiary alicyclic amines) is 1. The van der Waals surface area contributed by atoms with Gasteiger partial charge in [0.2, 0.25) is 0 Å². The Morgan fingerprint density at radius 3 is 2.70 bits per heavy atom. The Labute approximate surface area is 164 Å². The molecule has 27 heavy (non-hydrogen) atoms.